The summed E-state index contributed by atoms with van der Waals surface area (Å²) in [5.41, 5.74) is 0. The van der Waals surface area contributed by atoms with Crippen LogP contribution in [0.4, 0.5) is 4.79 Å². The van der Waals surface area contributed by atoms with Gasteiger partial charge in [0.25, 0.3) is 0 Å². The molecule has 0 spiro atoms. The molecule has 4 heteroatoms. The van der Waals surface area contributed by atoms with Crippen molar-refractivity contribution in [3.05, 3.63) is 0 Å². The molecule has 0 radical (unpaired) electrons. The number of hydrogen-bond acceptors (Lipinski definition) is 2. The van der Waals surface area contributed by atoms with Gasteiger partial charge in [0.15, 0.2) is 0 Å². The fourth-order valence-corrected chi connectivity index (χ4v) is 1.09. The molecule has 1 unspecified atom stereocenters. The number of hydrogen-bond donors (Lipinski definition) is 3. The molecule has 3 N–H and O–H groups in total. The molecule has 0 rings (SSSR count). The van der Waals surface area contributed by atoms with Crippen molar-refractivity contribution in [2.75, 3.05) is 19.7 Å². The van der Waals surface area contributed by atoms with Crippen LogP contribution < -0.4 is 10.6 Å². The molecule has 0 saturated heterocycles. The molecule has 1 atom stereocenters. The average Bonchev–Trinajstić information content (AvgIpc) is 2.12. The summed E-state index contributed by atoms with van der Waals surface area (Å²) in [5.74, 6) is 0.382. The molecule has 0 bridgehead atoms. The predicted octanol–water partition coefficient (Wildman–Crippen LogP) is 0.714. The van der Waals surface area contributed by atoms with Crippen LogP contribution in [-0.2, 0) is 0 Å². The number of carbonyl (C=O) groups is 1. The minimum absolute atomic E-state index is 0.126. The minimum Gasteiger partial charge on any atom is -0.396 e. The van der Waals surface area contributed by atoms with Crippen molar-refractivity contribution in [1.82, 2.24) is 10.6 Å². The Labute approximate surface area is 79.7 Å². The monoisotopic (exact) mass is 188 g/mol. The Balaban J connectivity index is 3.52. The SMILES string of the molecule is CCNC(=O)NCC(CC)CCO. The van der Waals surface area contributed by atoms with Gasteiger partial charge in [0, 0.05) is 19.7 Å². The van der Waals surface area contributed by atoms with Crippen molar-refractivity contribution in [3.8, 4) is 0 Å². The van der Waals surface area contributed by atoms with Crippen LogP contribution in [0.2, 0.25) is 0 Å². The summed E-state index contributed by atoms with van der Waals surface area (Å²) in [4.78, 5) is 11.0. The number of rotatable bonds is 6. The summed E-state index contributed by atoms with van der Waals surface area (Å²) in [6.45, 7) is 5.41. The van der Waals surface area contributed by atoms with Gasteiger partial charge in [0.05, 0.1) is 0 Å². The van der Waals surface area contributed by atoms with E-state index in [1.807, 2.05) is 6.92 Å². The second-order valence-electron chi connectivity index (χ2n) is 3.03. The van der Waals surface area contributed by atoms with Crippen LogP contribution in [0.15, 0.2) is 0 Å². The Bertz CT molecular complexity index is 140. The average molecular weight is 188 g/mol. The number of nitrogens with one attached hydrogen (secondary N) is 2. The van der Waals surface area contributed by atoms with E-state index < -0.39 is 0 Å². The maximum atomic E-state index is 11.0. The van der Waals surface area contributed by atoms with E-state index in [1.54, 1.807) is 0 Å². The summed E-state index contributed by atoms with van der Waals surface area (Å²) in [5, 5.41) is 14.1. The third-order valence-corrected chi connectivity index (χ3v) is 2.00. The number of aliphatic hydroxyl groups excluding tert-OH is 1. The minimum atomic E-state index is -0.126. The lowest BCUT2D eigenvalue weighted by Crippen LogP contribution is -2.38. The molecule has 2 amide bonds. The van der Waals surface area contributed by atoms with Crippen molar-refractivity contribution >= 4 is 6.03 Å². The van der Waals surface area contributed by atoms with E-state index in [-0.39, 0.29) is 12.6 Å². The quantitative estimate of drug-likeness (QED) is 0.575. The first kappa shape index (κ1) is 12.2. The van der Waals surface area contributed by atoms with Crippen LogP contribution in [-0.4, -0.2) is 30.8 Å². The Morgan fingerprint density at radius 3 is 2.54 bits per heavy atom. The molecular weight excluding hydrogens is 168 g/mol. The summed E-state index contributed by atoms with van der Waals surface area (Å²) in [6.07, 6.45) is 1.73. The Hall–Kier alpha value is -0.770. The van der Waals surface area contributed by atoms with Gasteiger partial charge in [-0.1, -0.05) is 13.3 Å². The third-order valence-electron chi connectivity index (χ3n) is 2.00. The zero-order chi connectivity index (χ0) is 10.1. The summed E-state index contributed by atoms with van der Waals surface area (Å²) in [6, 6.07) is -0.126. The summed E-state index contributed by atoms with van der Waals surface area (Å²) in [7, 11) is 0. The topological polar surface area (TPSA) is 61.4 Å². The summed E-state index contributed by atoms with van der Waals surface area (Å²) >= 11 is 0. The molecule has 4 nitrogen and oxygen atoms in total. The molecular formula is C9H20N2O2. The van der Waals surface area contributed by atoms with Gasteiger partial charge in [0.1, 0.15) is 0 Å². The normalized spacial score (nSPS) is 12.2. The number of urea groups is 1. The second-order valence-corrected chi connectivity index (χ2v) is 3.03. The Kier molecular flexibility index (Phi) is 7.39. The van der Waals surface area contributed by atoms with Gasteiger partial charge in [-0.05, 0) is 19.3 Å². The van der Waals surface area contributed by atoms with Gasteiger partial charge in [-0.2, -0.15) is 0 Å². The number of aliphatic hydroxyl groups is 1. The molecule has 0 aromatic heterocycles. The smallest absolute Gasteiger partial charge is 0.314 e. The van der Waals surface area contributed by atoms with Crippen molar-refractivity contribution in [2.24, 2.45) is 5.92 Å². The molecule has 13 heavy (non-hydrogen) atoms. The first-order valence-electron chi connectivity index (χ1n) is 4.87. The van der Waals surface area contributed by atoms with E-state index in [2.05, 4.69) is 17.6 Å². The fourth-order valence-electron chi connectivity index (χ4n) is 1.09. The van der Waals surface area contributed by atoms with Crippen LogP contribution in [0.3, 0.4) is 0 Å². The number of amides is 2. The van der Waals surface area contributed by atoms with Gasteiger partial charge >= 0.3 is 6.03 Å². The van der Waals surface area contributed by atoms with E-state index in [1.165, 1.54) is 0 Å². The maximum Gasteiger partial charge on any atom is 0.314 e. The Morgan fingerprint density at radius 1 is 1.38 bits per heavy atom. The highest BCUT2D eigenvalue weighted by Gasteiger charge is 2.06. The molecule has 0 aliphatic rings. The molecule has 0 aromatic rings. The lowest BCUT2D eigenvalue weighted by molar-refractivity contribution is 0.231. The lowest BCUT2D eigenvalue weighted by Gasteiger charge is -2.14. The van der Waals surface area contributed by atoms with E-state index >= 15 is 0 Å². The van der Waals surface area contributed by atoms with E-state index in [0.717, 1.165) is 12.8 Å². The van der Waals surface area contributed by atoms with Crippen molar-refractivity contribution in [3.63, 3.8) is 0 Å². The van der Waals surface area contributed by atoms with Gasteiger partial charge in [-0.25, -0.2) is 4.79 Å². The largest absolute Gasteiger partial charge is 0.396 e. The van der Waals surface area contributed by atoms with Gasteiger partial charge < -0.3 is 15.7 Å². The highest BCUT2D eigenvalue weighted by Crippen LogP contribution is 2.04. The van der Waals surface area contributed by atoms with Crippen molar-refractivity contribution in [1.29, 1.82) is 0 Å². The van der Waals surface area contributed by atoms with Crippen molar-refractivity contribution < 1.29 is 9.90 Å². The van der Waals surface area contributed by atoms with Crippen LogP contribution in [0, 0.1) is 5.92 Å². The predicted molar refractivity (Wildman–Crippen MR) is 52.6 cm³/mol. The standard InChI is InChI=1S/C9H20N2O2/c1-3-8(5-6-12)7-11-9(13)10-4-2/h8,12H,3-7H2,1-2H3,(H2,10,11,13). The zero-order valence-corrected chi connectivity index (χ0v) is 8.47. The molecule has 78 valence electrons. The summed E-state index contributed by atoms with van der Waals surface area (Å²) < 4.78 is 0. The van der Waals surface area contributed by atoms with Crippen LogP contribution in [0.1, 0.15) is 26.7 Å². The lowest BCUT2D eigenvalue weighted by atomic mass is 10.0. The molecule has 0 aromatic carbocycles. The van der Waals surface area contributed by atoms with Gasteiger partial charge in [-0.3, -0.25) is 0 Å². The number of carbonyl (C=O) groups excluding carboxylic acids is 1. The zero-order valence-electron chi connectivity index (χ0n) is 8.47. The highest BCUT2D eigenvalue weighted by atomic mass is 16.3. The molecule has 0 aliphatic heterocycles. The fraction of sp³-hybridized carbons (Fsp3) is 0.889. The molecule has 0 heterocycles. The first-order chi connectivity index (χ1) is 6.24. The molecule has 0 saturated carbocycles. The Morgan fingerprint density at radius 2 is 2.08 bits per heavy atom. The van der Waals surface area contributed by atoms with E-state index in [9.17, 15) is 4.79 Å². The third kappa shape index (κ3) is 6.40. The van der Waals surface area contributed by atoms with Gasteiger partial charge in [-0.15, -0.1) is 0 Å². The molecule has 0 aliphatic carbocycles. The van der Waals surface area contributed by atoms with Gasteiger partial charge in [0.2, 0.25) is 0 Å². The van der Waals surface area contributed by atoms with E-state index in [4.69, 9.17) is 5.11 Å². The molecule has 0 fully saturated rings. The second kappa shape index (κ2) is 7.86. The highest BCUT2D eigenvalue weighted by molar-refractivity contribution is 5.73. The van der Waals surface area contributed by atoms with Crippen LogP contribution >= 0.6 is 0 Å². The van der Waals surface area contributed by atoms with Crippen molar-refractivity contribution in [2.45, 2.75) is 26.7 Å². The van der Waals surface area contributed by atoms with Crippen LogP contribution in [0.5, 0.6) is 0 Å². The van der Waals surface area contributed by atoms with E-state index in [0.29, 0.717) is 19.0 Å². The maximum absolute atomic E-state index is 11.0. The van der Waals surface area contributed by atoms with Crippen LogP contribution in [0.25, 0.3) is 0 Å². The first-order valence-corrected chi connectivity index (χ1v) is 4.87.